The summed E-state index contributed by atoms with van der Waals surface area (Å²) in [6, 6.07) is 2.35. The summed E-state index contributed by atoms with van der Waals surface area (Å²) in [4.78, 5) is 14.6. The van der Waals surface area contributed by atoms with E-state index in [2.05, 4.69) is 27.5 Å². The molecule has 3 heterocycles. The molecule has 2 amide bonds. The van der Waals surface area contributed by atoms with E-state index < -0.39 is 0 Å². The zero-order chi connectivity index (χ0) is 17.4. The van der Waals surface area contributed by atoms with E-state index in [0.717, 1.165) is 37.3 Å². The number of H-pyrrole nitrogens is 1. The second kappa shape index (κ2) is 6.54. The van der Waals surface area contributed by atoms with Crippen LogP contribution in [-0.2, 0) is 0 Å². The van der Waals surface area contributed by atoms with E-state index in [1.807, 2.05) is 28.8 Å². The first kappa shape index (κ1) is 16.2. The van der Waals surface area contributed by atoms with Crippen LogP contribution in [-0.4, -0.2) is 44.0 Å². The van der Waals surface area contributed by atoms with Crippen LogP contribution >= 0.6 is 0 Å². The minimum absolute atomic E-state index is 0.0177. The molecule has 134 valence electrons. The monoisotopic (exact) mass is 342 g/mol. The molecule has 7 nitrogen and oxygen atoms in total. The Morgan fingerprint density at radius 3 is 2.72 bits per heavy atom. The van der Waals surface area contributed by atoms with Gasteiger partial charge in [0.15, 0.2) is 0 Å². The number of piperidine rings is 1. The molecule has 1 aliphatic heterocycles. The summed E-state index contributed by atoms with van der Waals surface area (Å²) in [5.41, 5.74) is 2.19. The van der Waals surface area contributed by atoms with Crippen molar-refractivity contribution in [1.29, 1.82) is 0 Å². The molecule has 2 aromatic heterocycles. The Kier molecular flexibility index (Phi) is 4.23. The van der Waals surface area contributed by atoms with Crippen molar-refractivity contribution in [1.82, 2.24) is 24.9 Å². The summed E-state index contributed by atoms with van der Waals surface area (Å²) in [5.74, 6) is 2.01. The molecule has 0 spiro atoms. The minimum atomic E-state index is -0.0177. The van der Waals surface area contributed by atoms with Crippen molar-refractivity contribution in [2.24, 2.45) is 5.92 Å². The lowest BCUT2D eigenvalue weighted by atomic mass is 9.94. The predicted molar refractivity (Wildman–Crippen MR) is 95.6 cm³/mol. The maximum absolute atomic E-state index is 12.7. The first-order valence-corrected chi connectivity index (χ1v) is 9.23. The van der Waals surface area contributed by atoms with Crippen LogP contribution < -0.4 is 5.32 Å². The summed E-state index contributed by atoms with van der Waals surface area (Å²) in [6.07, 6.45) is 8.08. The lowest BCUT2D eigenvalue weighted by Gasteiger charge is -2.31. The van der Waals surface area contributed by atoms with Gasteiger partial charge in [0.05, 0.1) is 12.2 Å². The van der Waals surface area contributed by atoms with Gasteiger partial charge in [-0.2, -0.15) is 10.2 Å². The van der Waals surface area contributed by atoms with Gasteiger partial charge in [-0.1, -0.05) is 0 Å². The molecule has 4 rings (SSSR count). The van der Waals surface area contributed by atoms with Crippen LogP contribution in [0.3, 0.4) is 0 Å². The zero-order valence-electron chi connectivity index (χ0n) is 14.9. The number of nitrogens with one attached hydrogen (secondary N) is 2. The molecule has 2 fully saturated rings. The number of hydrogen-bond acceptors (Lipinski definition) is 3. The van der Waals surface area contributed by atoms with Gasteiger partial charge in [-0.15, -0.1) is 0 Å². The average molecular weight is 342 g/mol. The standard InChI is InChI=1S/C18H26N6O/c1-12-11-20-24(13(2)14-3-4-14)17(12)21-18(25)23-9-6-15(7-10-23)16-5-8-19-22-16/h5,8,11,13-15H,3-4,6-7,9-10H2,1-2H3,(H,19,22)(H,21,25)/t13-/m1/s1. The summed E-state index contributed by atoms with van der Waals surface area (Å²) < 4.78 is 1.99. The van der Waals surface area contributed by atoms with Crippen LogP contribution in [0.25, 0.3) is 0 Å². The Hall–Kier alpha value is -2.31. The van der Waals surface area contributed by atoms with Gasteiger partial charge in [0.1, 0.15) is 5.82 Å². The van der Waals surface area contributed by atoms with Gasteiger partial charge < -0.3 is 4.90 Å². The van der Waals surface area contributed by atoms with Gasteiger partial charge in [0.25, 0.3) is 0 Å². The second-order valence-electron chi connectivity index (χ2n) is 7.40. The molecular weight excluding hydrogens is 316 g/mol. The van der Waals surface area contributed by atoms with E-state index in [0.29, 0.717) is 17.9 Å². The number of urea groups is 1. The fourth-order valence-electron chi connectivity index (χ4n) is 3.76. The minimum Gasteiger partial charge on any atom is -0.324 e. The van der Waals surface area contributed by atoms with E-state index >= 15 is 0 Å². The molecule has 1 atom stereocenters. The van der Waals surface area contributed by atoms with Crippen molar-refractivity contribution in [3.05, 3.63) is 29.7 Å². The molecular formula is C18H26N6O. The van der Waals surface area contributed by atoms with Crippen LogP contribution in [0.4, 0.5) is 10.6 Å². The number of aryl methyl sites for hydroxylation is 1. The summed E-state index contributed by atoms with van der Waals surface area (Å²) in [5, 5.41) is 14.7. The van der Waals surface area contributed by atoms with Crippen LogP contribution in [0.15, 0.2) is 18.5 Å². The number of aromatic nitrogens is 4. The number of likely N-dealkylation sites (tertiary alicyclic amines) is 1. The Labute approximate surface area is 147 Å². The topological polar surface area (TPSA) is 78.8 Å². The molecule has 1 saturated heterocycles. The molecule has 0 unspecified atom stereocenters. The quantitative estimate of drug-likeness (QED) is 0.895. The van der Waals surface area contributed by atoms with E-state index in [9.17, 15) is 4.79 Å². The van der Waals surface area contributed by atoms with Gasteiger partial charge >= 0.3 is 6.03 Å². The van der Waals surface area contributed by atoms with Crippen molar-refractivity contribution in [3.8, 4) is 0 Å². The van der Waals surface area contributed by atoms with Crippen LogP contribution in [0, 0.1) is 12.8 Å². The van der Waals surface area contributed by atoms with Crippen molar-refractivity contribution < 1.29 is 4.79 Å². The maximum atomic E-state index is 12.7. The normalized spacial score (nSPS) is 19.8. The molecule has 25 heavy (non-hydrogen) atoms. The lowest BCUT2D eigenvalue weighted by molar-refractivity contribution is 0.193. The summed E-state index contributed by atoms with van der Waals surface area (Å²) in [6.45, 7) is 5.72. The average Bonchev–Trinajstić information content (AvgIpc) is 3.22. The van der Waals surface area contributed by atoms with Crippen molar-refractivity contribution >= 4 is 11.8 Å². The van der Waals surface area contributed by atoms with Crippen LogP contribution in [0.2, 0.25) is 0 Å². The second-order valence-corrected chi connectivity index (χ2v) is 7.40. The highest BCUT2D eigenvalue weighted by atomic mass is 16.2. The number of nitrogens with zero attached hydrogens (tertiary/aromatic N) is 4. The van der Waals surface area contributed by atoms with E-state index in [1.54, 1.807) is 6.20 Å². The number of aromatic amines is 1. The highest BCUT2D eigenvalue weighted by Crippen LogP contribution is 2.40. The Balaban J connectivity index is 1.39. The van der Waals surface area contributed by atoms with E-state index in [1.165, 1.54) is 18.5 Å². The van der Waals surface area contributed by atoms with Crippen molar-refractivity contribution in [2.75, 3.05) is 18.4 Å². The molecule has 0 aromatic carbocycles. The van der Waals surface area contributed by atoms with E-state index in [-0.39, 0.29) is 6.03 Å². The molecule has 2 N–H and O–H groups in total. The number of hydrogen-bond donors (Lipinski definition) is 2. The number of amides is 2. The number of anilines is 1. The molecule has 1 aliphatic carbocycles. The van der Waals surface area contributed by atoms with Gasteiger partial charge in [-0.3, -0.25) is 10.4 Å². The first-order valence-electron chi connectivity index (χ1n) is 9.23. The third kappa shape index (κ3) is 3.27. The summed E-state index contributed by atoms with van der Waals surface area (Å²) in [7, 11) is 0. The largest absolute Gasteiger partial charge is 0.324 e. The lowest BCUT2D eigenvalue weighted by Crippen LogP contribution is -2.41. The van der Waals surface area contributed by atoms with E-state index in [4.69, 9.17) is 0 Å². The fraction of sp³-hybridized carbons (Fsp3) is 0.611. The van der Waals surface area contributed by atoms with Crippen molar-refractivity contribution in [2.45, 2.75) is 51.5 Å². The Morgan fingerprint density at radius 2 is 2.08 bits per heavy atom. The van der Waals surface area contributed by atoms with Gasteiger partial charge in [-0.25, -0.2) is 9.48 Å². The molecule has 0 bridgehead atoms. The third-order valence-electron chi connectivity index (χ3n) is 5.64. The number of carbonyl (C=O) groups is 1. The molecule has 1 saturated carbocycles. The smallest absolute Gasteiger partial charge is 0.323 e. The maximum Gasteiger partial charge on any atom is 0.323 e. The van der Waals surface area contributed by atoms with Gasteiger partial charge in [0.2, 0.25) is 0 Å². The molecule has 7 heteroatoms. The van der Waals surface area contributed by atoms with Gasteiger partial charge in [-0.05, 0) is 51.5 Å². The fourth-order valence-corrected chi connectivity index (χ4v) is 3.76. The molecule has 2 aliphatic rings. The molecule has 0 radical (unpaired) electrons. The van der Waals surface area contributed by atoms with Gasteiger partial charge in [0, 0.05) is 36.5 Å². The summed E-state index contributed by atoms with van der Waals surface area (Å²) >= 11 is 0. The highest BCUT2D eigenvalue weighted by Gasteiger charge is 2.32. The van der Waals surface area contributed by atoms with Crippen molar-refractivity contribution in [3.63, 3.8) is 0 Å². The van der Waals surface area contributed by atoms with Crippen LogP contribution in [0.1, 0.15) is 55.8 Å². The first-order chi connectivity index (χ1) is 12.1. The SMILES string of the molecule is Cc1cnn([C@H](C)C2CC2)c1NC(=O)N1CCC(c2ccn[nH]2)CC1. The number of carbonyl (C=O) groups excluding carboxylic acids is 1. The predicted octanol–water partition coefficient (Wildman–Crippen LogP) is 3.30. The Morgan fingerprint density at radius 1 is 1.32 bits per heavy atom. The zero-order valence-corrected chi connectivity index (χ0v) is 14.9. The Bertz CT molecular complexity index is 725. The number of rotatable bonds is 4. The van der Waals surface area contributed by atoms with Crippen LogP contribution in [0.5, 0.6) is 0 Å². The highest BCUT2D eigenvalue weighted by molar-refractivity contribution is 5.89. The molecule has 2 aromatic rings. The third-order valence-corrected chi connectivity index (χ3v) is 5.64.